The number of rotatable bonds is 2. The Hall–Kier alpha value is -2.41. The van der Waals surface area contributed by atoms with Gasteiger partial charge < -0.3 is 17.3 Å². The number of hydrogen-bond acceptors (Lipinski definition) is 3. The van der Waals surface area contributed by atoms with Gasteiger partial charge >= 0.3 is 18.6 Å². The second-order valence-corrected chi connectivity index (χ2v) is 3.98. The summed E-state index contributed by atoms with van der Waals surface area (Å²) < 4.78 is 5.65. The molecule has 0 aliphatic rings. The van der Waals surface area contributed by atoms with Crippen molar-refractivity contribution in [2.24, 2.45) is 0 Å². The average molecular weight is 311 g/mol. The van der Waals surface area contributed by atoms with Gasteiger partial charge in [0.2, 0.25) is 11.8 Å². The second kappa shape index (κ2) is 8.01. The van der Waals surface area contributed by atoms with Crippen LogP contribution in [0.2, 0.25) is 0 Å². The first-order valence-electron chi connectivity index (χ1n) is 5.93. The quantitative estimate of drug-likeness (QED) is 0.534. The van der Waals surface area contributed by atoms with E-state index in [4.69, 9.17) is 10.8 Å². The Kier molecular flexibility index (Phi) is 6.35. The Labute approximate surface area is 136 Å². The van der Waals surface area contributed by atoms with E-state index in [1.54, 1.807) is 0 Å². The number of hydrogen-bond donors (Lipinski definition) is 0. The van der Waals surface area contributed by atoms with E-state index >= 15 is 0 Å². The van der Waals surface area contributed by atoms with E-state index in [0.29, 0.717) is 11.8 Å². The Morgan fingerprint density at radius 1 is 0.810 bits per heavy atom. The minimum atomic E-state index is 0. The van der Waals surface area contributed by atoms with Crippen LogP contribution in [-0.2, 0) is 18.6 Å². The summed E-state index contributed by atoms with van der Waals surface area (Å²) in [5.74, 6) is 1.05. The maximum Gasteiger partial charge on any atom is 2.00 e. The molecule has 1 aromatic heterocycles. The van der Waals surface area contributed by atoms with Gasteiger partial charge in [0.25, 0.3) is 0 Å². The van der Waals surface area contributed by atoms with Crippen molar-refractivity contribution in [3.63, 3.8) is 0 Å². The van der Waals surface area contributed by atoms with Crippen molar-refractivity contribution in [1.29, 1.82) is 0 Å². The fraction of sp³-hybridized carbons (Fsp3) is 0. The number of aromatic nitrogens is 2. The summed E-state index contributed by atoms with van der Waals surface area (Å²) in [6.45, 7) is 3.84. The minimum Gasteiger partial charge on any atom is -0.697 e. The van der Waals surface area contributed by atoms with Crippen LogP contribution >= 0.6 is 0 Å². The van der Waals surface area contributed by atoms with Gasteiger partial charge in [-0.15, -0.1) is 22.3 Å². The van der Waals surface area contributed by atoms with Crippen LogP contribution in [0, 0.1) is 19.8 Å². The molecular weight excluding hydrogens is 299 g/mol. The van der Waals surface area contributed by atoms with Crippen LogP contribution in [0.25, 0.3) is 22.9 Å². The average Bonchev–Trinajstić information content (AvgIpc) is 3.01. The van der Waals surface area contributed by atoms with Crippen molar-refractivity contribution >= 4 is 0 Å². The molecule has 3 rings (SSSR count). The van der Waals surface area contributed by atoms with Crippen LogP contribution in [0.15, 0.2) is 59.0 Å². The second-order valence-electron chi connectivity index (χ2n) is 3.98. The van der Waals surface area contributed by atoms with Crippen molar-refractivity contribution in [1.82, 2.24) is 10.2 Å². The van der Waals surface area contributed by atoms with Crippen molar-refractivity contribution in [2.45, 2.75) is 0 Å². The SMILES string of the molecule is [C-]#C.[CH2-]c1ccc(-c2nnc(-c3ccccc3)o2)cc1.[V+2]. The van der Waals surface area contributed by atoms with Crippen LogP contribution < -0.4 is 0 Å². The summed E-state index contributed by atoms with van der Waals surface area (Å²) in [5, 5.41) is 8.11. The fourth-order valence-electron chi connectivity index (χ4n) is 1.68. The normalized spacial score (nSPS) is 9.05. The smallest absolute Gasteiger partial charge is 0.697 e. The van der Waals surface area contributed by atoms with E-state index in [1.807, 2.05) is 54.6 Å². The Morgan fingerprint density at radius 2 is 1.29 bits per heavy atom. The molecule has 3 aromatic rings. The van der Waals surface area contributed by atoms with Gasteiger partial charge in [-0.25, -0.2) is 0 Å². The zero-order valence-electron chi connectivity index (χ0n) is 11.2. The molecule has 0 saturated carbocycles. The van der Waals surface area contributed by atoms with E-state index in [2.05, 4.69) is 23.5 Å². The van der Waals surface area contributed by atoms with Gasteiger partial charge in [-0.1, -0.05) is 18.2 Å². The predicted octanol–water partition coefficient (Wildman–Crippen LogP) is 3.79. The molecule has 0 unspecified atom stereocenters. The number of nitrogens with zero attached hydrogens (tertiary/aromatic N) is 2. The van der Waals surface area contributed by atoms with Crippen molar-refractivity contribution < 1.29 is 23.0 Å². The summed E-state index contributed by atoms with van der Waals surface area (Å²) in [6, 6.07) is 17.4. The maximum atomic E-state index is 5.65. The van der Waals surface area contributed by atoms with Crippen molar-refractivity contribution in [2.75, 3.05) is 0 Å². The molecule has 0 aliphatic heterocycles. The third-order valence-electron chi connectivity index (χ3n) is 2.65. The van der Waals surface area contributed by atoms with E-state index in [0.717, 1.165) is 16.7 Å². The molecule has 0 atom stereocenters. The van der Waals surface area contributed by atoms with Gasteiger partial charge in [0.05, 0.1) is 0 Å². The summed E-state index contributed by atoms with van der Waals surface area (Å²) in [6.07, 6.45) is 9.00. The zero-order valence-corrected chi connectivity index (χ0v) is 12.6. The van der Waals surface area contributed by atoms with Crippen LogP contribution in [0.4, 0.5) is 0 Å². The number of benzene rings is 2. The molecule has 1 heterocycles. The summed E-state index contributed by atoms with van der Waals surface area (Å²) in [5.41, 5.74) is 2.78. The van der Waals surface area contributed by atoms with Gasteiger partial charge in [0, 0.05) is 11.1 Å². The molecule has 0 aliphatic carbocycles. The van der Waals surface area contributed by atoms with E-state index in [1.165, 1.54) is 0 Å². The summed E-state index contributed by atoms with van der Waals surface area (Å²) in [7, 11) is 0. The molecule has 0 bridgehead atoms. The zero-order chi connectivity index (χ0) is 14.4. The molecule has 0 saturated heterocycles. The molecule has 0 amide bonds. The topological polar surface area (TPSA) is 38.9 Å². The molecule has 0 fully saturated rings. The molecule has 3 nitrogen and oxygen atoms in total. The van der Waals surface area contributed by atoms with Gasteiger partial charge in [0.15, 0.2) is 0 Å². The molecule has 4 heteroatoms. The van der Waals surface area contributed by atoms with E-state index in [-0.39, 0.29) is 18.6 Å². The molecule has 0 spiro atoms. The first-order chi connectivity index (χ1) is 9.83. The Bertz CT molecular complexity index is 688. The largest absolute Gasteiger partial charge is 2.00 e. The first-order valence-corrected chi connectivity index (χ1v) is 5.93. The standard InChI is InChI=1S/C15H11N2O.C2H.V/c1-11-7-9-13(10-8-11)15-17-16-14(18-15)12-5-3-2-4-6-12;1-2;/h2-10H,1H2;1H;/q2*-1;+2. The van der Waals surface area contributed by atoms with Gasteiger partial charge in [0.1, 0.15) is 0 Å². The third-order valence-corrected chi connectivity index (χ3v) is 2.65. The molecule has 21 heavy (non-hydrogen) atoms. The van der Waals surface area contributed by atoms with Gasteiger partial charge in [-0.3, -0.25) is 0 Å². The Balaban J connectivity index is 0.000000706. The van der Waals surface area contributed by atoms with Crippen LogP contribution in [0.3, 0.4) is 0 Å². The minimum absolute atomic E-state index is 0. The van der Waals surface area contributed by atoms with Crippen molar-refractivity contribution in [3.8, 4) is 29.3 Å². The summed E-state index contributed by atoms with van der Waals surface area (Å²) in [4.78, 5) is 0. The number of terminal acetylenes is 1. The van der Waals surface area contributed by atoms with Gasteiger partial charge in [-0.05, 0) is 12.1 Å². The van der Waals surface area contributed by atoms with Gasteiger partial charge in [-0.2, -0.15) is 24.6 Å². The Morgan fingerprint density at radius 3 is 1.81 bits per heavy atom. The van der Waals surface area contributed by atoms with Crippen LogP contribution in [-0.4, -0.2) is 10.2 Å². The fourth-order valence-corrected chi connectivity index (χ4v) is 1.68. The van der Waals surface area contributed by atoms with E-state index in [9.17, 15) is 0 Å². The molecular formula is C17H12N2OV. The predicted molar refractivity (Wildman–Crippen MR) is 77.8 cm³/mol. The molecule has 1 radical (unpaired) electrons. The monoisotopic (exact) mass is 311 g/mol. The van der Waals surface area contributed by atoms with E-state index < -0.39 is 0 Å². The van der Waals surface area contributed by atoms with Crippen LogP contribution in [0.1, 0.15) is 5.56 Å². The van der Waals surface area contributed by atoms with Crippen molar-refractivity contribution in [3.05, 3.63) is 73.5 Å². The molecule has 101 valence electrons. The third kappa shape index (κ3) is 4.03. The first kappa shape index (κ1) is 16.6. The molecule has 2 aromatic carbocycles. The maximum absolute atomic E-state index is 5.65. The molecule has 0 N–H and O–H groups in total. The van der Waals surface area contributed by atoms with Crippen LogP contribution in [0.5, 0.6) is 0 Å². The summed E-state index contributed by atoms with van der Waals surface area (Å²) >= 11 is 0.